The highest BCUT2D eigenvalue weighted by Gasteiger charge is 2.33. The van der Waals surface area contributed by atoms with Crippen LogP contribution in [0.25, 0.3) is 11.3 Å². The number of hydrogen-bond acceptors (Lipinski definition) is 6. The first-order chi connectivity index (χ1) is 14.7. The van der Waals surface area contributed by atoms with Gasteiger partial charge in [-0.05, 0) is 49.4 Å². The zero-order valence-corrected chi connectivity index (χ0v) is 17.6. The molecule has 1 aliphatic carbocycles. The van der Waals surface area contributed by atoms with Crippen molar-refractivity contribution in [3.05, 3.63) is 51.4 Å². The number of nitrogens with one attached hydrogen (secondary N) is 2. The molecule has 0 bridgehead atoms. The molecule has 3 N–H and O–H groups in total. The van der Waals surface area contributed by atoms with Gasteiger partial charge in [-0.15, -0.1) is 0 Å². The molecule has 160 valence electrons. The number of carbonyl (C=O) groups is 1. The second-order valence-electron chi connectivity index (χ2n) is 8.13. The quantitative estimate of drug-likeness (QED) is 0.536. The summed E-state index contributed by atoms with van der Waals surface area (Å²) in [5.74, 6) is -1.20. The lowest BCUT2D eigenvalue weighted by molar-refractivity contribution is 0.0749. The minimum atomic E-state index is -1.34. The smallest absolute Gasteiger partial charge is 0.258 e. The third kappa shape index (κ3) is 3.24. The van der Waals surface area contributed by atoms with Gasteiger partial charge in [-0.2, -0.15) is 4.98 Å². The van der Waals surface area contributed by atoms with E-state index in [9.17, 15) is 9.90 Å². The number of nitrogens with zero attached hydrogens (tertiary/aromatic N) is 3. The van der Waals surface area contributed by atoms with Crippen LogP contribution in [0.3, 0.4) is 0 Å². The molecule has 0 atom stereocenters. The summed E-state index contributed by atoms with van der Waals surface area (Å²) >= 11 is 5.89. The van der Waals surface area contributed by atoms with Crippen LogP contribution in [0.5, 0.6) is 11.8 Å². The summed E-state index contributed by atoms with van der Waals surface area (Å²) in [5, 5.41) is 13.1. The Hall–Kier alpha value is -3.04. The molecule has 1 aliphatic heterocycles. The number of rotatable bonds is 3. The van der Waals surface area contributed by atoms with Crippen LogP contribution in [0.1, 0.15) is 46.6 Å². The van der Waals surface area contributed by atoms with E-state index < -0.39 is 11.4 Å². The second-order valence-corrected chi connectivity index (χ2v) is 8.47. The van der Waals surface area contributed by atoms with Crippen LogP contribution in [-0.2, 0) is 24.9 Å². The van der Waals surface area contributed by atoms with Gasteiger partial charge >= 0.3 is 0 Å². The van der Waals surface area contributed by atoms with E-state index in [-0.39, 0.29) is 28.5 Å². The summed E-state index contributed by atoms with van der Waals surface area (Å²) in [6, 6.07) is 0. The fourth-order valence-corrected chi connectivity index (χ4v) is 4.27. The predicted molar refractivity (Wildman–Crippen MR) is 110 cm³/mol. The predicted octanol–water partition coefficient (Wildman–Crippen LogP) is 3.06. The van der Waals surface area contributed by atoms with Crippen LogP contribution in [0, 0.1) is 5.82 Å². The summed E-state index contributed by atoms with van der Waals surface area (Å²) < 4.78 is 21.3. The molecular weight excluding hydrogens is 425 g/mol. The summed E-state index contributed by atoms with van der Waals surface area (Å²) in [6.45, 7) is 3.60. The van der Waals surface area contributed by atoms with Gasteiger partial charge in [0.25, 0.3) is 11.8 Å². The van der Waals surface area contributed by atoms with Crippen LogP contribution < -0.4 is 10.1 Å². The summed E-state index contributed by atoms with van der Waals surface area (Å²) in [7, 11) is 0. The Labute approximate surface area is 181 Å². The normalized spacial score (nSPS) is 15.1. The van der Waals surface area contributed by atoms with Gasteiger partial charge in [0.05, 0.1) is 22.4 Å². The first-order valence-electron chi connectivity index (χ1n) is 9.87. The summed E-state index contributed by atoms with van der Waals surface area (Å²) in [5.41, 5.74) is 2.75. The third-order valence-corrected chi connectivity index (χ3v) is 5.79. The lowest BCUT2D eigenvalue weighted by atomic mass is 9.88. The van der Waals surface area contributed by atoms with Gasteiger partial charge in [0, 0.05) is 36.6 Å². The average molecular weight is 444 g/mol. The van der Waals surface area contributed by atoms with Gasteiger partial charge in [0.15, 0.2) is 5.82 Å². The van der Waals surface area contributed by atoms with Crippen LogP contribution in [0.15, 0.2) is 12.4 Å². The van der Waals surface area contributed by atoms with Crippen molar-refractivity contribution in [2.24, 2.45) is 0 Å². The highest BCUT2D eigenvalue weighted by Crippen LogP contribution is 2.41. The van der Waals surface area contributed by atoms with Crippen molar-refractivity contribution < 1.29 is 19.0 Å². The van der Waals surface area contributed by atoms with Crippen LogP contribution in [-0.4, -0.2) is 37.5 Å². The Kier molecular flexibility index (Phi) is 4.49. The molecule has 3 aromatic rings. The van der Waals surface area contributed by atoms with Crippen molar-refractivity contribution in [3.8, 4) is 23.0 Å². The number of aromatic nitrogens is 4. The molecule has 1 amide bonds. The van der Waals surface area contributed by atoms with E-state index in [4.69, 9.17) is 16.3 Å². The zero-order chi connectivity index (χ0) is 21.9. The Bertz CT molecular complexity index is 1230. The summed E-state index contributed by atoms with van der Waals surface area (Å²) in [6.07, 6.45) is 4.72. The number of ether oxygens (including phenoxy) is 1. The molecule has 2 aliphatic rings. The lowest BCUT2D eigenvalue weighted by Crippen LogP contribution is -2.32. The number of hydrogen-bond donors (Lipinski definition) is 3. The zero-order valence-electron chi connectivity index (χ0n) is 16.8. The number of carbonyl (C=O) groups excluding carboxylic acids is 1. The number of halogens is 2. The number of H-pyrrole nitrogens is 1. The fourth-order valence-electron chi connectivity index (χ4n) is 4.14. The molecule has 5 rings (SSSR count). The van der Waals surface area contributed by atoms with Crippen molar-refractivity contribution in [1.29, 1.82) is 0 Å². The minimum Gasteiger partial charge on any atom is -0.417 e. The third-order valence-electron chi connectivity index (χ3n) is 5.61. The molecule has 4 heterocycles. The fraction of sp³-hybridized carbons (Fsp3) is 0.333. The van der Waals surface area contributed by atoms with Crippen LogP contribution in [0.4, 0.5) is 4.39 Å². The molecule has 31 heavy (non-hydrogen) atoms. The van der Waals surface area contributed by atoms with E-state index in [0.29, 0.717) is 42.6 Å². The molecule has 0 unspecified atom stereocenters. The molecule has 0 fully saturated rings. The monoisotopic (exact) mass is 443 g/mol. The standard InChI is InChI=1S/C21H19ClFN5O3/c1-21(2,30)11-8-26-20(22)28-18(11)31-19-15(23)13-9(7-25-19)3-4-10-14-12(27-16(10)13)5-6-24-17(14)29/h7-8,27,30H,3-6H2,1-2H3,(H,24,29). The highest BCUT2D eigenvalue weighted by atomic mass is 35.5. The Morgan fingerprint density at radius 1 is 1.16 bits per heavy atom. The molecule has 0 saturated carbocycles. The van der Waals surface area contributed by atoms with Gasteiger partial charge in [0.1, 0.15) is 0 Å². The first kappa shape index (κ1) is 19.9. The van der Waals surface area contributed by atoms with E-state index in [1.54, 1.807) is 6.20 Å². The van der Waals surface area contributed by atoms with E-state index in [2.05, 4.69) is 25.3 Å². The van der Waals surface area contributed by atoms with Crippen LogP contribution in [0.2, 0.25) is 5.28 Å². The van der Waals surface area contributed by atoms with Crippen molar-refractivity contribution >= 4 is 17.5 Å². The molecule has 0 spiro atoms. The highest BCUT2D eigenvalue weighted by molar-refractivity contribution is 6.28. The van der Waals surface area contributed by atoms with Crippen molar-refractivity contribution in [2.45, 2.75) is 38.7 Å². The first-order valence-corrected chi connectivity index (χ1v) is 10.2. The number of pyridine rings is 1. The Morgan fingerprint density at radius 3 is 2.74 bits per heavy atom. The van der Waals surface area contributed by atoms with E-state index >= 15 is 4.39 Å². The number of amides is 1. The summed E-state index contributed by atoms with van der Waals surface area (Å²) in [4.78, 5) is 27.6. The number of aromatic amines is 1. The number of aryl methyl sites for hydroxylation is 1. The van der Waals surface area contributed by atoms with Gasteiger partial charge in [-0.1, -0.05) is 0 Å². The SMILES string of the molecule is CC(C)(O)c1cnc(Cl)nc1Oc1ncc2c(c1F)-c1[nH]c3c(c1CC2)C(=O)NCC3. The average Bonchev–Trinajstić information content (AvgIpc) is 3.09. The molecular formula is C21H19ClFN5O3. The Morgan fingerprint density at radius 2 is 1.97 bits per heavy atom. The number of fused-ring (bicyclic) bond motifs is 5. The molecule has 0 saturated heterocycles. The topological polar surface area (TPSA) is 113 Å². The molecule has 8 nitrogen and oxygen atoms in total. The second kappa shape index (κ2) is 7.00. The van der Waals surface area contributed by atoms with E-state index in [1.165, 1.54) is 20.0 Å². The van der Waals surface area contributed by atoms with Crippen molar-refractivity contribution in [3.63, 3.8) is 0 Å². The molecule has 10 heteroatoms. The minimum absolute atomic E-state index is 0.0833. The van der Waals surface area contributed by atoms with E-state index in [0.717, 1.165) is 16.8 Å². The maximum Gasteiger partial charge on any atom is 0.258 e. The van der Waals surface area contributed by atoms with Crippen molar-refractivity contribution in [2.75, 3.05) is 6.54 Å². The van der Waals surface area contributed by atoms with Gasteiger partial charge in [-0.25, -0.2) is 14.4 Å². The van der Waals surface area contributed by atoms with Crippen molar-refractivity contribution in [1.82, 2.24) is 25.3 Å². The van der Waals surface area contributed by atoms with E-state index in [1.807, 2.05) is 0 Å². The lowest BCUT2D eigenvalue weighted by Gasteiger charge is -2.21. The largest absolute Gasteiger partial charge is 0.417 e. The molecule has 0 aromatic carbocycles. The maximum absolute atomic E-state index is 15.7. The maximum atomic E-state index is 15.7. The van der Waals surface area contributed by atoms with Gasteiger partial charge < -0.3 is 20.1 Å². The number of aliphatic hydroxyl groups is 1. The van der Waals surface area contributed by atoms with Gasteiger partial charge in [-0.3, -0.25) is 4.79 Å². The Balaban J connectivity index is 1.62. The molecule has 3 aromatic heterocycles. The molecule has 0 radical (unpaired) electrons. The van der Waals surface area contributed by atoms with Gasteiger partial charge in [0.2, 0.25) is 11.2 Å². The van der Waals surface area contributed by atoms with Crippen LogP contribution >= 0.6 is 11.6 Å².